The SMILES string of the molecule is CC(NCc1ccoc1)C12CC3CC(CC(C3)C1)C2. The molecule has 1 N–H and O–H groups in total. The molecule has 0 saturated heterocycles. The average Bonchev–Trinajstić information content (AvgIpc) is 2.87. The summed E-state index contributed by atoms with van der Waals surface area (Å²) in [4.78, 5) is 0. The van der Waals surface area contributed by atoms with Gasteiger partial charge in [0.25, 0.3) is 0 Å². The molecule has 104 valence electrons. The van der Waals surface area contributed by atoms with Crippen LogP contribution in [0.2, 0.25) is 0 Å². The molecular weight excluding hydrogens is 234 g/mol. The minimum atomic E-state index is 0.610. The van der Waals surface area contributed by atoms with Crippen LogP contribution < -0.4 is 5.32 Å². The summed E-state index contributed by atoms with van der Waals surface area (Å²) in [6.45, 7) is 3.38. The van der Waals surface area contributed by atoms with Crippen molar-refractivity contribution < 1.29 is 4.42 Å². The lowest BCUT2D eigenvalue weighted by atomic mass is 9.48. The van der Waals surface area contributed by atoms with Gasteiger partial charge in [-0.25, -0.2) is 0 Å². The van der Waals surface area contributed by atoms with E-state index in [0.29, 0.717) is 11.5 Å². The van der Waals surface area contributed by atoms with Gasteiger partial charge in [-0.2, -0.15) is 0 Å². The second kappa shape index (κ2) is 4.37. The molecule has 5 rings (SSSR count). The van der Waals surface area contributed by atoms with E-state index >= 15 is 0 Å². The van der Waals surface area contributed by atoms with Crippen molar-refractivity contribution in [2.75, 3.05) is 0 Å². The van der Waals surface area contributed by atoms with Gasteiger partial charge in [-0.15, -0.1) is 0 Å². The van der Waals surface area contributed by atoms with E-state index in [-0.39, 0.29) is 0 Å². The lowest BCUT2D eigenvalue weighted by Gasteiger charge is -2.59. The Kier molecular flexibility index (Phi) is 2.77. The van der Waals surface area contributed by atoms with Gasteiger partial charge in [0.05, 0.1) is 12.5 Å². The normalized spacial score (nSPS) is 41.6. The van der Waals surface area contributed by atoms with E-state index in [1.807, 2.05) is 6.26 Å². The fourth-order valence-electron chi connectivity index (χ4n) is 5.59. The van der Waals surface area contributed by atoms with Crippen molar-refractivity contribution in [2.45, 2.75) is 58.0 Å². The molecule has 2 nitrogen and oxygen atoms in total. The molecule has 19 heavy (non-hydrogen) atoms. The summed E-state index contributed by atoms with van der Waals surface area (Å²) in [5.74, 6) is 3.14. The molecule has 1 aromatic rings. The number of nitrogens with one attached hydrogen (secondary N) is 1. The molecule has 0 aliphatic heterocycles. The molecule has 1 unspecified atom stereocenters. The first kappa shape index (κ1) is 12.0. The summed E-state index contributed by atoms with van der Waals surface area (Å²) in [6.07, 6.45) is 12.7. The van der Waals surface area contributed by atoms with E-state index in [2.05, 4.69) is 18.3 Å². The summed E-state index contributed by atoms with van der Waals surface area (Å²) in [7, 11) is 0. The molecule has 1 atom stereocenters. The highest BCUT2D eigenvalue weighted by molar-refractivity contribution is 5.08. The van der Waals surface area contributed by atoms with E-state index in [1.165, 1.54) is 44.1 Å². The molecule has 4 bridgehead atoms. The first-order valence-corrected chi connectivity index (χ1v) is 7.98. The highest BCUT2D eigenvalue weighted by atomic mass is 16.3. The molecule has 0 aromatic carbocycles. The molecular formula is C17H25NO. The van der Waals surface area contributed by atoms with Crippen molar-refractivity contribution in [1.82, 2.24) is 5.32 Å². The van der Waals surface area contributed by atoms with Crippen LogP contribution in [0.4, 0.5) is 0 Å². The van der Waals surface area contributed by atoms with Crippen LogP contribution >= 0.6 is 0 Å². The smallest absolute Gasteiger partial charge is 0.0947 e. The predicted molar refractivity (Wildman–Crippen MR) is 75.6 cm³/mol. The quantitative estimate of drug-likeness (QED) is 0.885. The van der Waals surface area contributed by atoms with Crippen molar-refractivity contribution >= 4 is 0 Å². The van der Waals surface area contributed by atoms with E-state index in [0.717, 1.165) is 24.3 Å². The Balaban J connectivity index is 1.45. The van der Waals surface area contributed by atoms with Gasteiger partial charge < -0.3 is 9.73 Å². The van der Waals surface area contributed by atoms with Crippen molar-refractivity contribution in [2.24, 2.45) is 23.2 Å². The van der Waals surface area contributed by atoms with Gasteiger partial charge in [-0.05, 0) is 74.7 Å². The fourth-order valence-corrected chi connectivity index (χ4v) is 5.59. The summed E-state index contributed by atoms with van der Waals surface area (Å²) in [6, 6.07) is 2.72. The fraction of sp³-hybridized carbons (Fsp3) is 0.765. The highest BCUT2D eigenvalue weighted by Crippen LogP contribution is 2.61. The van der Waals surface area contributed by atoms with Crippen LogP contribution in [-0.2, 0) is 6.54 Å². The van der Waals surface area contributed by atoms with Gasteiger partial charge in [0.1, 0.15) is 0 Å². The lowest BCUT2D eigenvalue weighted by Crippen LogP contribution is -2.54. The van der Waals surface area contributed by atoms with Crippen molar-refractivity contribution in [3.05, 3.63) is 24.2 Å². The zero-order chi connectivity index (χ0) is 12.9. The number of furan rings is 1. The lowest BCUT2D eigenvalue weighted by molar-refractivity contribution is -0.0706. The summed E-state index contributed by atoms with van der Waals surface area (Å²) >= 11 is 0. The molecule has 2 heteroatoms. The third-order valence-electron chi connectivity index (χ3n) is 6.20. The Bertz CT molecular complexity index is 401. The Morgan fingerprint density at radius 2 is 1.84 bits per heavy atom. The van der Waals surface area contributed by atoms with Gasteiger partial charge in [-0.1, -0.05) is 0 Å². The third kappa shape index (κ3) is 2.05. The number of hydrogen-bond donors (Lipinski definition) is 1. The minimum absolute atomic E-state index is 0.610. The summed E-state index contributed by atoms with van der Waals surface area (Å²) in [5.41, 5.74) is 1.88. The number of rotatable bonds is 4. The van der Waals surface area contributed by atoms with E-state index in [4.69, 9.17) is 4.42 Å². The van der Waals surface area contributed by atoms with Crippen molar-refractivity contribution in [3.8, 4) is 0 Å². The number of hydrogen-bond acceptors (Lipinski definition) is 2. The van der Waals surface area contributed by atoms with Crippen LogP contribution in [0.15, 0.2) is 23.0 Å². The average molecular weight is 259 g/mol. The molecule has 4 aliphatic rings. The highest BCUT2D eigenvalue weighted by Gasteiger charge is 2.52. The van der Waals surface area contributed by atoms with E-state index in [9.17, 15) is 0 Å². The molecule has 1 heterocycles. The van der Waals surface area contributed by atoms with Crippen LogP contribution in [0.3, 0.4) is 0 Å². The largest absolute Gasteiger partial charge is 0.472 e. The first-order valence-electron chi connectivity index (χ1n) is 7.98. The molecule has 0 spiro atoms. The molecule has 4 fully saturated rings. The zero-order valence-corrected chi connectivity index (χ0v) is 11.9. The van der Waals surface area contributed by atoms with Gasteiger partial charge in [-0.3, -0.25) is 0 Å². The molecule has 0 radical (unpaired) electrons. The van der Waals surface area contributed by atoms with Gasteiger partial charge in [0, 0.05) is 18.2 Å². The van der Waals surface area contributed by atoms with Crippen LogP contribution in [-0.4, -0.2) is 6.04 Å². The Morgan fingerprint density at radius 3 is 2.37 bits per heavy atom. The summed E-state index contributed by atoms with van der Waals surface area (Å²) < 4.78 is 5.16. The first-order chi connectivity index (χ1) is 9.23. The molecule has 0 amide bonds. The monoisotopic (exact) mass is 259 g/mol. The van der Waals surface area contributed by atoms with Crippen molar-refractivity contribution in [3.63, 3.8) is 0 Å². The maximum atomic E-state index is 5.16. The minimum Gasteiger partial charge on any atom is -0.472 e. The second-order valence-corrected chi connectivity index (χ2v) is 7.51. The maximum absolute atomic E-state index is 5.16. The predicted octanol–water partition coefficient (Wildman–Crippen LogP) is 3.97. The Morgan fingerprint density at radius 1 is 1.21 bits per heavy atom. The van der Waals surface area contributed by atoms with Gasteiger partial charge in [0.15, 0.2) is 0 Å². The van der Waals surface area contributed by atoms with Crippen LogP contribution in [0.5, 0.6) is 0 Å². The third-order valence-corrected chi connectivity index (χ3v) is 6.20. The standard InChI is InChI=1S/C17H25NO/c1-12(18-10-13-2-3-19-11-13)17-7-14-4-15(8-17)6-16(5-14)9-17/h2-3,11-12,14-16,18H,4-10H2,1H3. The molecule has 4 aliphatic carbocycles. The molecule has 4 saturated carbocycles. The Hall–Kier alpha value is -0.760. The van der Waals surface area contributed by atoms with Gasteiger partial charge >= 0.3 is 0 Å². The van der Waals surface area contributed by atoms with Crippen molar-refractivity contribution in [1.29, 1.82) is 0 Å². The maximum Gasteiger partial charge on any atom is 0.0947 e. The zero-order valence-electron chi connectivity index (χ0n) is 11.9. The van der Waals surface area contributed by atoms with E-state index < -0.39 is 0 Å². The van der Waals surface area contributed by atoms with Gasteiger partial charge in [0.2, 0.25) is 0 Å². The van der Waals surface area contributed by atoms with Crippen LogP contribution in [0.1, 0.15) is 51.0 Å². The second-order valence-electron chi connectivity index (χ2n) is 7.51. The van der Waals surface area contributed by atoms with Crippen LogP contribution in [0, 0.1) is 23.2 Å². The Labute approximate surface area is 116 Å². The molecule has 1 aromatic heterocycles. The van der Waals surface area contributed by atoms with Crippen LogP contribution in [0.25, 0.3) is 0 Å². The summed E-state index contributed by atoms with van der Waals surface area (Å²) in [5, 5.41) is 3.78. The van der Waals surface area contributed by atoms with E-state index in [1.54, 1.807) is 6.26 Å². The topological polar surface area (TPSA) is 25.2 Å².